The minimum absolute atomic E-state index is 0.0161. The Kier molecular flexibility index (Phi) is 4.28. The summed E-state index contributed by atoms with van der Waals surface area (Å²) in [6.45, 7) is 0.986. The molecule has 0 aromatic carbocycles. The van der Waals surface area contributed by atoms with Crippen molar-refractivity contribution in [1.82, 2.24) is 19.6 Å². The topological polar surface area (TPSA) is 122 Å². The minimum atomic E-state index is -0.606. The molecular formula is C16H15ClFN7O2. The van der Waals surface area contributed by atoms with Gasteiger partial charge in [0, 0.05) is 19.3 Å². The number of nitrogens with zero attached hydrogens (tertiary/aromatic N) is 5. The zero-order valence-electron chi connectivity index (χ0n) is 13.9. The number of β-amino-alcohol motifs (C(OH)–C–C–N with tert-alkyl or cyclic N) is 1. The summed E-state index contributed by atoms with van der Waals surface area (Å²) < 4.78 is 14.4. The van der Waals surface area contributed by atoms with Crippen LogP contribution < -0.4 is 16.0 Å². The molecule has 27 heavy (non-hydrogen) atoms. The number of halogens is 2. The van der Waals surface area contributed by atoms with Crippen molar-refractivity contribution in [3.63, 3.8) is 0 Å². The Balaban J connectivity index is 1.70. The second kappa shape index (κ2) is 6.63. The van der Waals surface area contributed by atoms with Gasteiger partial charge in [0.25, 0.3) is 5.91 Å². The molecule has 1 saturated heterocycles. The van der Waals surface area contributed by atoms with E-state index in [2.05, 4.69) is 20.4 Å². The molecule has 0 saturated carbocycles. The largest absolute Gasteiger partial charge is 0.391 e. The second-order valence-corrected chi connectivity index (χ2v) is 6.57. The fraction of sp³-hybridized carbons (Fsp3) is 0.250. The number of anilines is 3. The van der Waals surface area contributed by atoms with Crippen molar-refractivity contribution in [2.75, 3.05) is 29.0 Å². The first-order chi connectivity index (χ1) is 12.9. The molecule has 140 valence electrons. The van der Waals surface area contributed by atoms with E-state index in [4.69, 9.17) is 17.3 Å². The smallest absolute Gasteiger partial charge is 0.263 e. The highest BCUT2D eigenvalue weighted by molar-refractivity contribution is 6.34. The van der Waals surface area contributed by atoms with E-state index in [1.54, 1.807) is 0 Å². The molecule has 4 N–H and O–H groups in total. The van der Waals surface area contributed by atoms with Crippen molar-refractivity contribution in [3.05, 3.63) is 41.2 Å². The van der Waals surface area contributed by atoms with Gasteiger partial charge in [-0.25, -0.2) is 13.9 Å². The normalized spacial score (nSPS) is 16.9. The number of amides is 1. The summed E-state index contributed by atoms with van der Waals surface area (Å²) in [6, 6.07) is 0. The van der Waals surface area contributed by atoms with Crippen LogP contribution in [0.25, 0.3) is 5.65 Å². The predicted octanol–water partition coefficient (Wildman–Crippen LogP) is 1.32. The molecule has 3 aromatic rings. The van der Waals surface area contributed by atoms with E-state index in [-0.39, 0.29) is 17.0 Å². The average Bonchev–Trinajstić information content (AvgIpc) is 3.16. The summed E-state index contributed by atoms with van der Waals surface area (Å²) in [5.74, 6) is -1.27. The van der Waals surface area contributed by atoms with Gasteiger partial charge in [-0.1, -0.05) is 11.6 Å². The van der Waals surface area contributed by atoms with Gasteiger partial charge in [0.05, 0.1) is 41.1 Å². The molecule has 3 aromatic heterocycles. The van der Waals surface area contributed by atoms with Gasteiger partial charge in [-0.2, -0.15) is 0 Å². The number of aliphatic hydroxyl groups excluding tert-OH is 1. The molecule has 0 spiro atoms. The number of aliphatic hydroxyl groups is 1. The molecule has 1 aliphatic heterocycles. The molecule has 4 rings (SSSR count). The number of hydrogen-bond donors (Lipinski definition) is 3. The van der Waals surface area contributed by atoms with Crippen LogP contribution in [0.15, 0.2) is 24.8 Å². The number of aromatic nitrogens is 4. The van der Waals surface area contributed by atoms with Gasteiger partial charge < -0.3 is 21.1 Å². The fourth-order valence-corrected chi connectivity index (χ4v) is 3.40. The van der Waals surface area contributed by atoms with Crippen LogP contribution in [-0.2, 0) is 0 Å². The van der Waals surface area contributed by atoms with Crippen molar-refractivity contribution < 1.29 is 14.3 Å². The first kappa shape index (κ1) is 17.4. The van der Waals surface area contributed by atoms with Crippen LogP contribution in [0.4, 0.5) is 21.6 Å². The maximum Gasteiger partial charge on any atom is 0.263 e. The van der Waals surface area contributed by atoms with Crippen LogP contribution in [0.5, 0.6) is 0 Å². The Bertz CT molecular complexity index is 1040. The molecule has 1 atom stereocenters. The number of nitrogen functional groups attached to an aromatic ring is 1. The van der Waals surface area contributed by atoms with E-state index in [0.29, 0.717) is 35.9 Å². The number of pyridine rings is 1. The van der Waals surface area contributed by atoms with Crippen molar-refractivity contribution >= 4 is 40.3 Å². The highest BCUT2D eigenvalue weighted by atomic mass is 35.5. The third-order valence-corrected chi connectivity index (χ3v) is 4.57. The van der Waals surface area contributed by atoms with Crippen LogP contribution in [-0.4, -0.2) is 49.8 Å². The van der Waals surface area contributed by atoms with Crippen LogP contribution in [0.1, 0.15) is 16.8 Å². The van der Waals surface area contributed by atoms with Gasteiger partial charge in [-0.05, 0) is 6.42 Å². The average molecular weight is 392 g/mol. The minimum Gasteiger partial charge on any atom is -0.391 e. The van der Waals surface area contributed by atoms with E-state index in [1.807, 2.05) is 4.90 Å². The number of hydrogen-bond acceptors (Lipinski definition) is 7. The van der Waals surface area contributed by atoms with Crippen molar-refractivity contribution in [2.45, 2.75) is 12.5 Å². The van der Waals surface area contributed by atoms with Gasteiger partial charge in [0.15, 0.2) is 17.3 Å². The Morgan fingerprint density at radius 2 is 2.22 bits per heavy atom. The summed E-state index contributed by atoms with van der Waals surface area (Å²) in [7, 11) is 0. The Morgan fingerprint density at radius 1 is 1.41 bits per heavy atom. The predicted molar refractivity (Wildman–Crippen MR) is 97.4 cm³/mol. The Labute approximate surface area is 157 Å². The van der Waals surface area contributed by atoms with Crippen LogP contribution in [0, 0.1) is 5.82 Å². The van der Waals surface area contributed by atoms with Gasteiger partial charge >= 0.3 is 0 Å². The summed E-state index contributed by atoms with van der Waals surface area (Å²) >= 11 is 6.28. The van der Waals surface area contributed by atoms with Crippen molar-refractivity contribution in [1.29, 1.82) is 0 Å². The number of rotatable bonds is 3. The molecule has 1 aliphatic rings. The van der Waals surface area contributed by atoms with Gasteiger partial charge in [0.1, 0.15) is 5.56 Å². The van der Waals surface area contributed by atoms with E-state index in [9.17, 15) is 14.3 Å². The zero-order chi connectivity index (χ0) is 19.1. The summed E-state index contributed by atoms with van der Waals surface area (Å²) in [6.07, 6.45) is 5.11. The van der Waals surface area contributed by atoms with E-state index < -0.39 is 17.8 Å². The lowest BCUT2D eigenvalue weighted by atomic mass is 10.2. The number of carbonyl (C=O) groups is 1. The molecule has 1 unspecified atom stereocenters. The number of nitrogens with one attached hydrogen (secondary N) is 1. The molecule has 1 amide bonds. The van der Waals surface area contributed by atoms with E-state index >= 15 is 0 Å². The molecule has 0 radical (unpaired) electrons. The summed E-state index contributed by atoms with van der Waals surface area (Å²) in [5.41, 5.74) is 6.89. The third kappa shape index (κ3) is 3.13. The quantitative estimate of drug-likeness (QED) is 0.615. The Morgan fingerprint density at radius 3 is 2.96 bits per heavy atom. The highest BCUT2D eigenvalue weighted by Gasteiger charge is 2.27. The lowest BCUT2D eigenvalue weighted by Crippen LogP contribution is -2.24. The fourth-order valence-electron chi connectivity index (χ4n) is 3.12. The van der Waals surface area contributed by atoms with Crippen molar-refractivity contribution in [2.24, 2.45) is 0 Å². The van der Waals surface area contributed by atoms with E-state index in [1.165, 1.54) is 12.4 Å². The lowest BCUT2D eigenvalue weighted by molar-refractivity contribution is 0.102. The van der Waals surface area contributed by atoms with Crippen molar-refractivity contribution in [3.8, 4) is 0 Å². The number of carbonyl (C=O) groups excluding carboxylic acids is 1. The standard InChI is InChI=1S/C16H15ClFN7O2/c17-10-4-20-5-11(13(10)24-2-1-9(26)7-24)22-16(27)12-14(19)23-25-6-8(18)3-21-15(12)25/h3-6,9,26H,1-2,7H2,(H2,19,23)(H,22,27). The maximum absolute atomic E-state index is 13.3. The lowest BCUT2D eigenvalue weighted by Gasteiger charge is -2.22. The molecule has 9 nitrogen and oxygen atoms in total. The summed E-state index contributed by atoms with van der Waals surface area (Å²) in [5, 5.41) is 16.8. The SMILES string of the molecule is Nc1nn2cc(F)cnc2c1C(=O)Nc1cncc(Cl)c1N1CCC(O)C1. The van der Waals surface area contributed by atoms with Gasteiger partial charge in [-0.15, -0.1) is 5.10 Å². The van der Waals surface area contributed by atoms with Crippen LogP contribution in [0.3, 0.4) is 0 Å². The molecule has 0 aliphatic carbocycles. The first-order valence-corrected chi connectivity index (χ1v) is 8.49. The zero-order valence-corrected chi connectivity index (χ0v) is 14.7. The summed E-state index contributed by atoms with van der Waals surface area (Å²) in [4.78, 5) is 22.6. The van der Waals surface area contributed by atoms with Gasteiger partial charge in [-0.3, -0.25) is 9.78 Å². The van der Waals surface area contributed by atoms with E-state index in [0.717, 1.165) is 16.9 Å². The maximum atomic E-state index is 13.3. The van der Waals surface area contributed by atoms with Crippen LogP contribution in [0.2, 0.25) is 5.02 Å². The second-order valence-electron chi connectivity index (χ2n) is 6.16. The molecular weight excluding hydrogens is 377 g/mol. The number of fused-ring (bicyclic) bond motifs is 1. The van der Waals surface area contributed by atoms with Gasteiger partial charge in [0.2, 0.25) is 0 Å². The number of nitrogens with two attached hydrogens (primary N) is 1. The molecule has 4 heterocycles. The third-order valence-electron chi connectivity index (χ3n) is 4.30. The highest BCUT2D eigenvalue weighted by Crippen LogP contribution is 2.35. The molecule has 1 fully saturated rings. The Hall–Kier alpha value is -2.98. The van der Waals surface area contributed by atoms with Crippen LogP contribution >= 0.6 is 11.6 Å². The monoisotopic (exact) mass is 391 g/mol. The molecule has 11 heteroatoms. The first-order valence-electron chi connectivity index (χ1n) is 8.11. The molecule has 0 bridgehead atoms.